The summed E-state index contributed by atoms with van der Waals surface area (Å²) in [7, 11) is 1.46. The summed E-state index contributed by atoms with van der Waals surface area (Å²) in [6.45, 7) is 3.94. The molecule has 2 saturated heterocycles. The zero-order chi connectivity index (χ0) is 31.4. The van der Waals surface area contributed by atoms with Crippen molar-refractivity contribution in [2.24, 2.45) is 11.7 Å². The number of carbonyl (C=O) groups is 4. The van der Waals surface area contributed by atoms with Crippen LogP contribution >= 0.6 is 0 Å². The smallest absolute Gasteiger partial charge is 0.326 e. The Morgan fingerprint density at radius 3 is 2.66 bits per heavy atom. The fraction of sp³-hybridized carbons (Fsp3) is 0.500. The van der Waals surface area contributed by atoms with Crippen LogP contribution in [-0.2, 0) is 20.9 Å². The number of hydrogen-bond donors (Lipinski definition) is 2. The van der Waals surface area contributed by atoms with E-state index in [-0.39, 0.29) is 44.7 Å². The van der Waals surface area contributed by atoms with Gasteiger partial charge in [0.15, 0.2) is 11.5 Å². The molecule has 0 saturated carbocycles. The van der Waals surface area contributed by atoms with Crippen LogP contribution in [0.15, 0.2) is 42.5 Å². The SMILES string of the molecule is CCCCN(C(=O)CN1C[C@H](c2ccc3c(c2)OCO3)[C@@H](C(=O)O)[C@@H]1CCN1CCC(=O)N(C)C1=O)c1cccc(CN)c1. The summed E-state index contributed by atoms with van der Waals surface area (Å²) in [5.41, 5.74) is 8.35. The third-order valence-electron chi connectivity index (χ3n) is 8.91. The van der Waals surface area contributed by atoms with E-state index in [2.05, 4.69) is 6.92 Å². The minimum Gasteiger partial charge on any atom is -0.481 e. The highest BCUT2D eigenvalue weighted by atomic mass is 16.7. The van der Waals surface area contributed by atoms with Gasteiger partial charge in [-0.25, -0.2) is 4.79 Å². The van der Waals surface area contributed by atoms with Gasteiger partial charge in [0.2, 0.25) is 18.6 Å². The number of carboxylic acid groups (broad SMARTS) is 1. The fourth-order valence-electron chi connectivity index (χ4n) is 6.47. The Balaban J connectivity index is 1.43. The Labute approximate surface area is 257 Å². The van der Waals surface area contributed by atoms with Gasteiger partial charge in [-0.2, -0.15) is 0 Å². The van der Waals surface area contributed by atoms with Crippen LogP contribution in [0.2, 0.25) is 0 Å². The lowest BCUT2D eigenvalue weighted by Gasteiger charge is -2.34. The van der Waals surface area contributed by atoms with Gasteiger partial charge >= 0.3 is 12.0 Å². The van der Waals surface area contributed by atoms with Crippen molar-refractivity contribution in [2.75, 3.05) is 51.5 Å². The summed E-state index contributed by atoms with van der Waals surface area (Å²) < 4.78 is 11.0. The summed E-state index contributed by atoms with van der Waals surface area (Å²) in [4.78, 5) is 58.2. The summed E-state index contributed by atoms with van der Waals surface area (Å²) in [5, 5.41) is 10.6. The standard InChI is InChI=1S/C32H41N5O7/c1-3-4-12-37(23-7-5-6-21(15-23)17-33)29(39)19-36-18-24(22-8-9-26-27(16-22)44-20-43-26)30(31(40)41)25(36)10-13-35-14-11-28(38)34(2)32(35)42/h5-9,15-16,24-25,30H,3-4,10-14,17-20,33H2,1-2H3,(H,40,41)/t24-,25+,30-/m1/s1. The summed E-state index contributed by atoms with van der Waals surface area (Å²) in [6.07, 6.45) is 2.26. The maximum absolute atomic E-state index is 14.0. The van der Waals surface area contributed by atoms with Crippen LogP contribution in [-0.4, -0.2) is 96.2 Å². The number of amides is 4. The molecule has 44 heavy (non-hydrogen) atoms. The number of nitrogens with zero attached hydrogens (tertiary/aromatic N) is 4. The molecule has 2 aromatic carbocycles. The molecule has 0 bridgehead atoms. The minimum absolute atomic E-state index is 0.0123. The zero-order valence-corrected chi connectivity index (χ0v) is 25.3. The predicted octanol–water partition coefficient (Wildman–Crippen LogP) is 2.85. The van der Waals surface area contributed by atoms with Crippen molar-refractivity contribution in [3.8, 4) is 11.5 Å². The lowest BCUT2D eigenvalue weighted by molar-refractivity contribution is -0.143. The number of likely N-dealkylation sites (tertiary alicyclic amines) is 1. The number of imide groups is 1. The number of anilines is 1. The largest absolute Gasteiger partial charge is 0.481 e. The van der Waals surface area contributed by atoms with Gasteiger partial charge in [0, 0.05) is 63.8 Å². The molecular formula is C32H41N5O7. The first-order valence-corrected chi connectivity index (χ1v) is 15.2. The average molecular weight is 608 g/mol. The molecule has 3 aliphatic rings. The number of carbonyl (C=O) groups excluding carboxylic acids is 3. The highest BCUT2D eigenvalue weighted by Crippen LogP contribution is 2.43. The molecule has 3 heterocycles. The molecule has 0 aliphatic carbocycles. The van der Waals surface area contributed by atoms with Crippen molar-refractivity contribution in [3.63, 3.8) is 0 Å². The van der Waals surface area contributed by atoms with Crippen LogP contribution in [0.1, 0.15) is 49.7 Å². The number of unbranched alkanes of at least 4 members (excludes halogenated alkanes) is 1. The van der Waals surface area contributed by atoms with E-state index >= 15 is 0 Å². The van der Waals surface area contributed by atoms with Crippen molar-refractivity contribution in [1.29, 1.82) is 0 Å². The van der Waals surface area contributed by atoms with E-state index in [0.29, 0.717) is 37.6 Å². The van der Waals surface area contributed by atoms with E-state index in [9.17, 15) is 24.3 Å². The number of benzene rings is 2. The van der Waals surface area contributed by atoms with Crippen molar-refractivity contribution >= 4 is 29.5 Å². The van der Waals surface area contributed by atoms with Gasteiger partial charge in [0.1, 0.15) is 0 Å². The second-order valence-electron chi connectivity index (χ2n) is 11.6. The van der Waals surface area contributed by atoms with Gasteiger partial charge < -0.3 is 30.1 Å². The molecule has 12 heteroatoms. The molecule has 5 rings (SSSR count). The van der Waals surface area contributed by atoms with E-state index < -0.39 is 29.9 Å². The van der Waals surface area contributed by atoms with Crippen molar-refractivity contribution < 1.29 is 33.8 Å². The third kappa shape index (κ3) is 6.51. The van der Waals surface area contributed by atoms with Gasteiger partial charge in [0.05, 0.1) is 12.5 Å². The Morgan fingerprint density at radius 2 is 1.91 bits per heavy atom. The molecule has 3 atom stereocenters. The topological polar surface area (TPSA) is 146 Å². The number of aliphatic carboxylic acids is 1. The molecule has 2 fully saturated rings. The number of rotatable bonds is 12. The van der Waals surface area contributed by atoms with Crippen LogP contribution in [0.3, 0.4) is 0 Å². The van der Waals surface area contributed by atoms with E-state index in [1.165, 1.54) is 7.05 Å². The number of carboxylic acids is 1. The van der Waals surface area contributed by atoms with Crippen molar-refractivity contribution in [1.82, 2.24) is 14.7 Å². The van der Waals surface area contributed by atoms with E-state index in [1.807, 2.05) is 41.3 Å². The molecule has 4 amide bonds. The molecule has 2 aromatic rings. The minimum atomic E-state index is -0.969. The predicted molar refractivity (Wildman–Crippen MR) is 162 cm³/mol. The van der Waals surface area contributed by atoms with Crippen molar-refractivity contribution in [2.45, 2.75) is 51.1 Å². The molecule has 3 aliphatic heterocycles. The number of ether oxygens (including phenoxy) is 2. The van der Waals surface area contributed by atoms with E-state index in [1.54, 1.807) is 15.9 Å². The molecule has 0 spiro atoms. The van der Waals surface area contributed by atoms with Gasteiger partial charge in [-0.1, -0.05) is 31.5 Å². The Hall–Kier alpha value is -4.16. The number of hydrogen-bond acceptors (Lipinski definition) is 8. The van der Waals surface area contributed by atoms with Crippen LogP contribution in [0.4, 0.5) is 10.5 Å². The van der Waals surface area contributed by atoms with Crippen LogP contribution < -0.4 is 20.1 Å². The first kappa shape index (κ1) is 31.3. The van der Waals surface area contributed by atoms with Gasteiger partial charge in [-0.3, -0.25) is 24.2 Å². The maximum Gasteiger partial charge on any atom is 0.326 e. The highest BCUT2D eigenvalue weighted by Gasteiger charge is 2.48. The monoisotopic (exact) mass is 607 g/mol. The van der Waals surface area contributed by atoms with Crippen molar-refractivity contribution in [3.05, 3.63) is 53.6 Å². The Bertz CT molecular complexity index is 1400. The molecule has 236 valence electrons. The molecule has 0 unspecified atom stereocenters. The van der Waals surface area contributed by atoms with Crippen LogP contribution in [0.25, 0.3) is 0 Å². The van der Waals surface area contributed by atoms with Crippen LogP contribution in [0, 0.1) is 5.92 Å². The Kier molecular flexibility index (Phi) is 9.70. The van der Waals surface area contributed by atoms with Gasteiger partial charge in [0.25, 0.3) is 0 Å². The quantitative estimate of drug-likeness (QED) is 0.372. The van der Waals surface area contributed by atoms with Crippen LogP contribution in [0.5, 0.6) is 11.5 Å². The summed E-state index contributed by atoms with van der Waals surface area (Å²) in [5.74, 6) is -1.43. The second-order valence-corrected chi connectivity index (χ2v) is 11.6. The first-order valence-electron chi connectivity index (χ1n) is 15.2. The molecule has 0 aromatic heterocycles. The normalized spacial score (nSPS) is 21.7. The van der Waals surface area contributed by atoms with E-state index in [4.69, 9.17) is 15.2 Å². The lowest BCUT2D eigenvalue weighted by Crippen LogP contribution is -2.52. The number of fused-ring (bicyclic) bond motifs is 1. The number of nitrogens with two attached hydrogens (primary N) is 1. The first-order chi connectivity index (χ1) is 21.2. The van der Waals surface area contributed by atoms with E-state index in [0.717, 1.165) is 34.6 Å². The lowest BCUT2D eigenvalue weighted by atomic mass is 9.84. The highest BCUT2D eigenvalue weighted by molar-refractivity contribution is 5.96. The second kappa shape index (κ2) is 13.6. The maximum atomic E-state index is 14.0. The van der Waals surface area contributed by atoms with Gasteiger partial charge in [-0.15, -0.1) is 0 Å². The molecule has 12 nitrogen and oxygen atoms in total. The fourth-order valence-corrected chi connectivity index (χ4v) is 6.47. The third-order valence-corrected chi connectivity index (χ3v) is 8.91. The number of urea groups is 1. The average Bonchev–Trinajstić information content (AvgIpc) is 3.64. The van der Waals surface area contributed by atoms with Gasteiger partial charge in [-0.05, 0) is 48.2 Å². The molecule has 0 radical (unpaired) electrons. The summed E-state index contributed by atoms with van der Waals surface area (Å²) in [6, 6.07) is 12.2. The molecular weight excluding hydrogens is 566 g/mol. The Morgan fingerprint density at radius 1 is 1.11 bits per heavy atom. The summed E-state index contributed by atoms with van der Waals surface area (Å²) >= 11 is 0. The molecule has 3 N–H and O–H groups in total. The zero-order valence-electron chi connectivity index (χ0n) is 25.3.